The summed E-state index contributed by atoms with van der Waals surface area (Å²) in [5.41, 5.74) is 0.0364. The highest BCUT2D eigenvalue weighted by atomic mass is 16.6. The maximum absolute atomic E-state index is 11.8. The van der Waals surface area contributed by atoms with E-state index in [1.165, 1.54) is 0 Å². The minimum atomic E-state index is -0.208. The molecule has 2 fully saturated rings. The lowest BCUT2D eigenvalue weighted by atomic mass is 10.0. The molecule has 0 unspecified atom stereocenters. The average molecular weight is 370 g/mol. The van der Waals surface area contributed by atoms with E-state index in [0.29, 0.717) is 25.7 Å². The van der Waals surface area contributed by atoms with E-state index in [0.717, 1.165) is 51.6 Å². The molecular formula is C18H35N5O3. The molecule has 2 heterocycles. The molecule has 0 aliphatic carbocycles. The van der Waals surface area contributed by atoms with Crippen molar-refractivity contribution < 1.29 is 14.3 Å². The lowest BCUT2D eigenvalue weighted by molar-refractivity contribution is -0.00835. The molecule has 2 rings (SSSR count). The van der Waals surface area contributed by atoms with Crippen molar-refractivity contribution in [3.8, 4) is 0 Å². The summed E-state index contributed by atoms with van der Waals surface area (Å²) >= 11 is 0. The smallest absolute Gasteiger partial charge is 0.409 e. The summed E-state index contributed by atoms with van der Waals surface area (Å²) in [6.45, 7) is 12.5. The molecule has 2 saturated heterocycles. The Kier molecular flexibility index (Phi) is 7.96. The lowest BCUT2D eigenvalue weighted by Crippen LogP contribution is -2.57. The molecule has 26 heavy (non-hydrogen) atoms. The zero-order valence-corrected chi connectivity index (χ0v) is 16.7. The Labute approximate surface area is 157 Å². The lowest BCUT2D eigenvalue weighted by Gasteiger charge is -2.41. The SMILES string of the molecule is CCOC(=O)N1CCC(NC(=NC)NCC(C)(C)N2CCOCC2)CC1. The van der Waals surface area contributed by atoms with Crippen molar-refractivity contribution in [1.29, 1.82) is 0 Å². The number of carbonyl (C=O) groups excluding carboxylic acids is 1. The minimum Gasteiger partial charge on any atom is -0.450 e. The van der Waals surface area contributed by atoms with Crippen molar-refractivity contribution in [1.82, 2.24) is 20.4 Å². The summed E-state index contributed by atoms with van der Waals surface area (Å²) in [6, 6.07) is 0.318. The molecule has 0 saturated carbocycles. The summed E-state index contributed by atoms with van der Waals surface area (Å²) in [7, 11) is 1.80. The third-order valence-corrected chi connectivity index (χ3v) is 5.14. The van der Waals surface area contributed by atoms with Gasteiger partial charge in [-0.2, -0.15) is 0 Å². The minimum absolute atomic E-state index is 0.0364. The zero-order chi connectivity index (χ0) is 19.0. The van der Waals surface area contributed by atoms with Crippen LogP contribution in [0.15, 0.2) is 4.99 Å². The van der Waals surface area contributed by atoms with Gasteiger partial charge >= 0.3 is 6.09 Å². The summed E-state index contributed by atoms with van der Waals surface area (Å²) in [5, 5.41) is 6.95. The standard InChI is InChI=1S/C18H35N5O3/c1-5-26-17(24)22-8-6-15(7-9-22)21-16(19-4)20-14-18(2,3)23-10-12-25-13-11-23/h15H,5-14H2,1-4H3,(H2,19,20,21). The van der Waals surface area contributed by atoms with E-state index in [1.807, 2.05) is 6.92 Å². The van der Waals surface area contributed by atoms with Crippen LogP contribution in [0.3, 0.4) is 0 Å². The van der Waals surface area contributed by atoms with Crippen molar-refractivity contribution in [3.63, 3.8) is 0 Å². The average Bonchev–Trinajstić information content (AvgIpc) is 2.66. The van der Waals surface area contributed by atoms with E-state index in [-0.39, 0.29) is 11.6 Å². The highest BCUT2D eigenvalue weighted by Crippen LogP contribution is 2.15. The third kappa shape index (κ3) is 6.02. The second-order valence-electron chi connectivity index (χ2n) is 7.44. The second kappa shape index (κ2) is 9.97. The Balaban J connectivity index is 1.75. The number of likely N-dealkylation sites (tertiary alicyclic amines) is 1. The van der Waals surface area contributed by atoms with Gasteiger partial charge in [-0.1, -0.05) is 0 Å². The Bertz CT molecular complexity index is 469. The second-order valence-corrected chi connectivity index (χ2v) is 7.44. The van der Waals surface area contributed by atoms with Crippen LogP contribution in [-0.2, 0) is 9.47 Å². The zero-order valence-electron chi connectivity index (χ0n) is 16.7. The predicted octanol–water partition coefficient (Wildman–Crippen LogP) is 0.883. The normalized spacial score (nSPS) is 20.8. The Morgan fingerprint density at radius 1 is 1.23 bits per heavy atom. The van der Waals surface area contributed by atoms with Crippen LogP contribution in [-0.4, -0.2) is 93.0 Å². The van der Waals surface area contributed by atoms with Gasteiger partial charge in [-0.15, -0.1) is 0 Å². The van der Waals surface area contributed by atoms with Gasteiger partial charge < -0.3 is 25.0 Å². The number of nitrogens with one attached hydrogen (secondary N) is 2. The largest absolute Gasteiger partial charge is 0.450 e. The molecule has 1 amide bonds. The van der Waals surface area contributed by atoms with E-state index >= 15 is 0 Å². The fourth-order valence-corrected chi connectivity index (χ4v) is 3.39. The van der Waals surface area contributed by atoms with E-state index in [2.05, 4.69) is 34.4 Å². The number of piperidine rings is 1. The number of hydrogen-bond acceptors (Lipinski definition) is 5. The topological polar surface area (TPSA) is 78.4 Å². The van der Waals surface area contributed by atoms with Gasteiger partial charge in [-0.25, -0.2) is 4.79 Å². The van der Waals surface area contributed by atoms with Crippen LogP contribution in [0.25, 0.3) is 0 Å². The molecule has 2 N–H and O–H groups in total. The Morgan fingerprint density at radius 2 is 1.88 bits per heavy atom. The van der Waals surface area contributed by atoms with Crippen LogP contribution in [0, 0.1) is 0 Å². The van der Waals surface area contributed by atoms with Crippen molar-refractivity contribution in [2.45, 2.75) is 45.2 Å². The van der Waals surface area contributed by atoms with Crippen LogP contribution in [0.1, 0.15) is 33.6 Å². The number of morpholine rings is 1. The molecule has 2 aliphatic heterocycles. The number of carbonyl (C=O) groups is 1. The number of amides is 1. The van der Waals surface area contributed by atoms with E-state index in [1.54, 1.807) is 11.9 Å². The fraction of sp³-hybridized carbons (Fsp3) is 0.889. The van der Waals surface area contributed by atoms with Crippen molar-refractivity contribution >= 4 is 12.1 Å². The molecule has 2 aliphatic rings. The van der Waals surface area contributed by atoms with Gasteiger partial charge in [0, 0.05) is 51.4 Å². The van der Waals surface area contributed by atoms with Crippen molar-refractivity contribution in [2.75, 3.05) is 59.6 Å². The maximum atomic E-state index is 11.8. The van der Waals surface area contributed by atoms with Gasteiger partial charge in [-0.05, 0) is 33.6 Å². The van der Waals surface area contributed by atoms with Gasteiger partial charge in [0.1, 0.15) is 0 Å². The summed E-state index contributed by atoms with van der Waals surface area (Å²) in [6.07, 6.45) is 1.58. The number of rotatable bonds is 5. The van der Waals surface area contributed by atoms with Gasteiger partial charge in [0.2, 0.25) is 0 Å². The maximum Gasteiger partial charge on any atom is 0.409 e. The number of aliphatic imine (C=N–C) groups is 1. The van der Waals surface area contributed by atoms with Crippen LogP contribution in [0.5, 0.6) is 0 Å². The summed E-state index contributed by atoms with van der Waals surface area (Å²) in [5.74, 6) is 0.820. The molecule has 0 bridgehead atoms. The van der Waals surface area contributed by atoms with Crippen molar-refractivity contribution in [3.05, 3.63) is 0 Å². The van der Waals surface area contributed by atoms with Gasteiger partial charge in [0.15, 0.2) is 5.96 Å². The molecule has 0 atom stereocenters. The number of ether oxygens (including phenoxy) is 2. The molecule has 0 spiro atoms. The number of guanidine groups is 1. The first-order chi connectivity index (χ1) is 12.5. The van der Waals surface area contributed by atoms with Gasteiger partial charge in [-0.3, -0.25) is 9.89 Å². The third-order valence-electron chi connectivity index (χ3n) is 5.14. The predicted molar refractivity (Wildman–Crippen MR) is 103 cm³/mol. The van der Waals surface area contributed by atoms with E-state index in [4.69, 9.17) is 9.47 Å². The number of nitrogens with zero attached hydrogens (tertiary/aromatic N) is 3. The quantitative estimate of drug-likeness (QED) is 0.553. The first-order valence-electron chi connectivity index (χ1n) is 9.68. The molecule has 0 radical (unpaired) electrons. The highest BCUT2D eigenvalue weighted by molar-refractivity contribution is 5.80. The molecule has 0 aromatic carbocycles. The van der Waals surface area contributed by atoms with Crippen molar-refractivity contribution in [2.24, 2.45) is 4.99 Å². The Hall–Kier alpha value is -1.54. The number of hydrogen-bond donors (Lipinski definition) is 2. The summed E-state index contributed by atoms with van der Waals surface area (Å²) < 4.78 is 10.5. The van der Waals surface area contributed by atoms with Crippen LogP contribution < -0.4 is 10.6 Å². The monoisotopic (exact) mass is 369 g/mol. The summed E-state index contributed by atoms with van der Waals surface area (Å²) in [4.78, 5) is 20.4. The molecule has 0 aromatic heterocycles. The molecule has 150 valence electrons. The highest BCUT2D eigenvalue weighted by Gasteiger charge is 2.29. The van der Waals surface area contributed by atoms with Crippen LogP contribution in [0.2, 0.25) is 0 Å². The molecule has 8 nitrogen and oxygen atoms in total. The van der Waals surface area contributed by atoms with E-state index in [9.17, 15) is 4.79 Å². The van der Waals surface area contributed by atoms with Crippen LogP contribution >= 0.6 is 0 Å². The first kappa shape index (κ1) is 20.8. The van der Waals surface area contributed by atoms with Gasteiger partial charge in [0.05, 0.1) is 19.8 Å². The van der Waals surface area contributed by atoms with E-state index < -0.39 is 0 Å². The Morgan fingerprint density at radius 3 is 2.46 bits per heavy atom. The van der Waals surface area contributed by atoms with Gasteiger partial charge in [0.25, 0.3) is 0 Å². The fourth-order valence-electron chi connectivity index (χ4n) is 3.39. The molecule has 8 heteroatoms. The molecule has 0 aromatic rings. The van der Waals surface area contributed by atoms with Crippen LogP contribution in [0.4, 0.5) is 4.79 Å². The molecular weight excluding hydrogens is 334 g/mol. The first-order valence-corrected chi connectivity index (χ1v) is 9.68.